The van der Waals surface area contributed by atoms with Gasteiger partial charge in [0.25, 0.3) is 5.91 Å². The quantitative estimate of drug-likeness (QED) is 0.153. The number of amides is 1. The monoisotopic (exact) mass is 631 g/mol. The van der Waals surface area contributed by atoms with Crippen LogP contribution in [0.15, 0.2) is 24.3 Å². The average Bonchev–Trinajstić information content (AvgIpc) is 3.38. The molecule has 45 heavy (non-hydrogen) atoms. The lowest BCUT2D eigenvalue weighted by molar-refractivity contribution is -0.213. The Morgan fingerprint density at radius 2 is 1.93 bits per heavy atom. The van der Waals surface area contributed by atoms with Crippen LogP contribution in [0.5, 0.6) is 5.75 Å². The predicted octanol–water partition coefficient (Wildman–Crippen LogP) is 3.40. The largest absolute Gasteiger partial charge is 0.494 e. The molecule has 0 aromatic heterocycles. The van der Waals surface area contributed by atoms with Gasteiger partial charge in [-0.2, -0.15) is 0 Å². The average molecular weight is 632 g/mol. The fourth-order valence-electron chi connectivity index (χ4n) is 8.32. The van der Waals surface area contributed by atoms with Crippen molar-refractivity contribution < 1.29 is 47.9 Å². The van der Waals surface area contributed by atoms with Gasteiger partial charge in [-0.15, -0.1) is 0 Å². The molecule has 0 unspecified atom stereocenters. The summed E-state index contributed by atoms with van der Waals surface area (Å²) in [4.78, 5) is 42.8. The van der Waals surface area contributed by atoms with E-state index in [2.05, 4.69) is 26.3 Å². The van der Waals surface area contributed by atoms with E-state index < -0.39 is 59.9 Å². The van der Waals surface area contributed by atoms with Crippen molar-refractivity contribution in [3.63, 3.8) is 0 Å². The first-order valence-electron chi connectivity index (χ1n) is 15.7. The molecule has 1 aromatic carbocycles. The third-order valence-corrected chi connectivity index (χ3v) is 11.5. The number of nitrogens with one attached hydrogen (secondary N) is 1. The van der Waals surface area contributed by atoms with Gasteiger partial charge in [0, 0.05) is 28.8 Å². The molecule has 2 aliphatic carbocycles. The number of ketones is 1. The van der Waals surface area contributed by atoms with E-state index in [9.17, 15) is 24.5 Å². The number of benzene rings is 1. The number of ether oxygens (including phenoxy) is 2. The highest BCUT2D eigenvalue weighted by atomic mass is 19.1. The van der Waals surface area contributed by atoms with E-state index in [1.165, 1.54) is 19.3 Å². The van der Waals surface area contributed by atoms with Crippen molar-refractivity contribution >= 4 is 30.2 Å². The Balaban J connectivity index is 1.70. The Labute approximate surface area is 265 Å². The van der Waals surface area contributed by atoms with Crippen LogP contribution in [0.3, 0.4) is 0 Å². The fraction of sp³-hybridized carbons (Fsp3) is 0.667. The Morgan fingerprint density at radius 3 is 2.60 bits per heavy atom. The van der Waals surface area contributed by atoms with Crippen LogP contribution < -0.4 is 15.7 Å². The number of aliphatic hydroxyl groups is 1. The summed E-state index contributed by atoms with van der Waals surface area (Å²) in [7, 11) is -0.0836. The Kier molecular flexibility index (Phi) is 10.5. The number of hydroxylamine groups is 1. The van der Waals surface area contributed by atoms with Crippen LogP contribution in [-0.2, 0) is 35.2 Å². The highest BCUT2D eigenvalue weighted by molar-refractivity contribution is 6.61. The van der Waals surface area contributed by atoms with Crippen LogP contribution in [0.25, 0.3) is 0 Å². The summed E-state index contributed by atoms with van der Waals surface area (Å²) in [5.41, 5.74) is 0.704. The maximum atomic E-state index is 15.1. The Bertz CT molecular complexity index is 1330. The fourth-order valence-corrected chi connectivity index (χ4v) is 8.32. The molecule has 1 aromatic rings. The molecule has 1 aliphatic heterocycles. The van der Waals surface area contributed by atoms with Crippen LogP contribution >= 0.6 is 0 Å². The van der Waals surface area contributed by atoms with Crippen LogP contribution in [0.2, 0.25) is 0 Å². The standard InChI is InChI=1S/C33H47BFNO9/c1-19-10-14-33(15-11-20(2)37)21(3)30(40)31(5,13-12-26(38)36-42-7)16-25(32(19,6)22(33)4)45-27(39)18-43-24-9-8-23-17-44-34(41)28(23)29(24)35/h8-9,12-13,19,21-22,25,30,40-41H,10-11,14-18H2,1-7H3,(H,36,38)/b13-12+/t19-,21+,22+,25-,30+,31-,32-,33+/m1/s1. The molecular formula is C33H47BFNO9. The number of esters is 1. The number of hydrogen-bond acceptors (Lipinski definition) is 9. The van der Waals surface area contributed by atoms with Crippen molar-refractivity contribution in [1.82, 2.24) is 5.48 Å². The van der Waals surface area contributed by atoms with Gasteiger partial charge < -0.3 is 29.1 Å². The Morgan fingerprint density at radius 1 is 1.22 bits per heavy atom. The molecule has 8 atom stereocenters. The van der Waals surface area contributed by atoms with Gasteiger partial charge in [-0.1, -0.05) is 46.8 Å². The third kappa shape index (κ3) is 6.57. The van der Waals surface area contributed by atoms with Gasteiger partial charge in [-0.3, -0.25) is 9.63 Å². The Hall–Kier alpha value is -2.80. The number of hydrogen-bond donors (Lipinski definition) is 3. The summed E-state index contributed by atoms with van der Waals surface area (Å²) in [5.74, 6) is -2.35. The normalized spacial score (nSPS) is 34.5. The van der Waals surface area contributed by atoms with Crippen molar-refractivity contribution in [3.05, 3.63) is 35.7 Å². The first-order valence-corrected chi connectivity index (χ1v) is 15.7. The first kappa shape index (κ1) is 35.1. The van der Waals surface area contributed by atoms with Gasteiger partial charge in [-0.05, 0) is 67.4 Å². The van der Waals surface area contributed by atoms with Crippen molar-refractivity contribution in [2.45, 2.75) is 92.5 Å². The van der Waals surface area contributed by atoms with Crippen molar-refractivity contribution in [2.24, 2.45) is 34.0 Å². The van der Waals surface area contributed by atoms with Gasteiger partial charge in [0.2, 0.25) is 0 Å². The molecule has 10 nitrogen and oxygen atoms in total. The molecule has 1 heterocycles. The van der Waals surface area contributed by atoms with E-state index in [4.69, 9.17) is 19.0 Å². The number of carbonyl (C=O) groups excluding carboxylic acids is 3. The van der Waals surface area contributed by atoms with Gasteiger partial charge in [0.05, 0.1) is 19.8 Å². The summed E-state index contributed by atoms with van der Waals surface area (Å²) >= 11 is 0. The number of carbonyl (C=O) groups is 3. The van der Waals surface area contributed by atoms with E-state index in [1.54, 1.807) is 19.1 Å². The highest BCUT2D eigenvalue weighted by Gasteiger charge is 2.62. The van der Waals surface area contributed by atoms with Crippen LogP contribution in [0.1, 0.15) is 79.2 Å². The summed E-state index contributed by atoms with van der Waals surface area (Å²) in [6.45, 7) is 11.3. The number of Topliss-reactive ketones (excluding diaryl/α,β-unsaturated/α-hetero) is 1. The van der Waals surface area contributed by atoms with E-state index in [1.807, 2.05) is 13.8 Å². The molecule has 0 radical (unpaired) electrons. The van der Waals surface area contributed by atoms with E-state index in [0.717, 1.165) is 12.8 Å². The maximum absolute atomic E-state index is 15.1. The lowest BCUT2D eigenvalue weighted by atomic mass is 9.42. The topological polar surface area (TPSA) is 141 Å². The SMILES string of the molecule is CONC(=O)/C=C/[C@]1(C)C[C@@H](OC(=O)COc2ccc3c(c2F)B(O)OC3)[C@]2(C)[C@H](C)CC[C@@](CCC(C)=O)([C@H]2C)[C@@H](C)[C@@H]1O. The zero-order chi connectivity index (χ0) is 33.3. The molecule has 248 valence electrons. The number of rotatable bonds is 10. The van der Waals surface area contributed by atoms with E-state index in [0.29, 0.717) is 18.4 Å². The van der Waals surface area contributed by atoms with Crippen molar-refractivity contribution in [2.75, 3.05) is 13.7 Å². The molecule has 12 heteroatoms. The molecule has 2 saturated carbocycles. The molecular weight excluding hydrogens is 584 g/mol. The second-order valence-corrected chi connectivity index (χ2v) is 13.8. The van der Waals surface area contributed by atoms with Crippen LogP contribution in [0, 0.1) is 39.8 Å². The van der Waals surface area contributed by atoms with E-state index >= 15 is 4.39 Å². The molecule has 0 spiro atoms. The number of halogens is 1. The van der Waals surface area contributed by atoms with Gasteiger partial charge in [0.15, 0.2) is 18.2 Å². The van der Waals surface area contributed by atoms with Crippen LogP contribution in [0.4, 0.5) is 4.39 Å². The van der Waals surface area contributed by atoms with Crippen molar-refractivity contribution in [3.8, 4) is 5.75 Å². The second kappa shape index (κ2) is 13.5. The predicted molar refractivity (Wildman–Crippen MR) is 164 cm³/mol. The minimum absolute atomic E-state index is 0.0108. The van der Waals surface area contributed by atoms with Gasteiger partial charge >= 0.3 is 13.1 Å². The smallest absolute Gasteiger partial charge is 0.479 e. The zero-order valence-electron chi connectivity index (χ0n) is 27.4. The van der Waals surface area contributed by atoms with Crippen molar-refractivity contribution in [1.29, 1.82) is 0 Å². The molecule has 2 fully saturated rings. The summed E-state index contributed by atoms with van der Waals surface area (Å²) in [5, 5.41) is 22.0. The summed E-state index contributed by atoms with van der Waals surface area (Å²) in [6.07, 6.45) is 4.03. The molecule has 0 saturated heterocycles. The maximum Gasteiger partial charge on any atom is 0.494 e. The minimum Gasteiger partial charge on any atom is -0.479 e. The van der Waals surface area contributed by atoms with E-state index in [-0.39, 0.29) is 47.8 Å². The third-order valence-electron chi connectivity index (χ3n) is 11.5. The summed E-state index contributed by atoms with van der Waals surface area (Å²) in [6, 6.07) is 2.97. The molecule has 1 amide bonds. The lowest BCUT2D eigenvalue weighted by Gasteiger charge is -2.64. The first-order chi connectivity index (χ1) is 21.1. The second-order valence-electron chi connectivity index (χ2n) is 13.8. The highest BCUT2D eigenvalue weighted by Crippen LogP contribution is 2.65. The lowest BCUT2D eigenvalue weighted by Crippen LogP contribution is -2.62. The minimum atomic E-state index is -1.41. The molecule has 3 aliphatic rings. The van der Waals surface area contributed by atoms with Gasteiger partial charge in [-0.25, -0.2) is 14.7 Å². The summed E-state index contributed by atoms with van der Waals surface area (Å²) < 4.78 is 32.0. The van der Waals surface area contributed by atoms with Gasteiger partial charge in [0.1, 0.15) is 11.9 Å². The van der Waals surface area contributed by atoms with Crippen LogP contribution in [-0.4, -0.2) is 60.8 Å². The number of fused-ring (bicyclic) bond motifs is 3. The molecule has 2 bridgehead atoms. The molecule has 4 rings (SSSR count). The molecule has 3 N–H and O–H groups in total. The zero-order valence-corrected chi connectivity index (χ0v) is 27.4. The number of aliphatic hydroxyl groups excluding tert-OH is 1.